The van der Waals surface area contributed by atoms with Gasteiger partial charge < -0.3 is 14.6 Å². The van der Waals surface area contributed by atoms with E-state index in [0.29, 0.717) is 10.6 Å². The molecule has 0 spiro atoms. The van der Waals surface area contributed by atoms with Crippen LogP contribution in [0, 0.1) is 0 Å². The zero-order valence-corrected chi connectivity index (χ0v) is 15.8. The molecule has 0 aliphatic carbocycles. The number of barbiturate groups is 1. The second-order valence-corrected chi connectivity index (χ2v) is 6.52. The number of imide groups is 2. The van der Waals surface area contributed by atoms with Gasteiger partial charge in [-0.25, -0.2) is 9.69 Å². The van der Waals surface area contributed by atoms with Gasteiger partial charge in [0.05, 0.1) is 11.7 Å². The summed E-state index contributed by atoms with van der Waals surface area (Å²) in [5, 5.41) is 13.2. The molecule has 1 heterocycles. The lowest BCUT2D eigenvalue weighted by atomic mass is 10.1. The van der Waals surface area contributed by atoms with E-state index in [-0.39, 0.29) is 17.0 Å². The van der Waals surface area contributed by atoms with Gasteiger partial charge in [0.1, 0.15) is 17.4 Å². The van der Waals surface area contributed by atoms with Gasteiger partial charge in [-0.05, 0) is 48.9 Å². The largest absolute Gasteiger partial charge is 0.546 e. The highest BCUT2D eigenvalue weighted by Gasteiger charge is 2.36. The SMILES string of the molecule is C[C@H](Oc1ccc(/C=C2/C(=O)NC(=O)N(c3cccc(Cl)c3)C2=O)cc1)C(=O)[O-]. The van der Waals surface area contributed by atoms with Crippen molar-refractivity contribution in [3.05, 3.63) is 64.7 Å². The topological polar surface area (TPSA) is 116 Å². The first kappa shape index (κ1) is 20.1. The summed E-state index contributed by atoms with van der Waals surface area (Å²) in [4.78, 5) is 48.7. The van der Waals surface area contributed by atoms with Gasteiger partial charge in [-0.15, -0.1) is 0 Å². The molecular weight excluding hydrogens is 400 g/mol. The first-order chi connectivity index (χ1) is 13.8. The van der Waals surface area contributed by atoms with Crippen LogP contribution in [0.1, 0.15) is 12.5 Å². The van der Waals surface area contributed by atoms with Gasteiger partial charge in [0, 0.05) is 5.02 Å². The molecule has 0 radical (unpaired) electrons. The predicted molar refractivity (Wildman–Crippen MR) is 102 cm³/mol. The quantitative estimate of drug-likeness (QED) is 0.587. The maximum Gasteiger partial charge on any atom is 0.335 e. The van der Waals surface area contributed by atoms with Crippen LogP contribution >= 0.6 is 11.6 Å². The van der Waals surface area contributed by atoms with Crippen molar-refractivity contribution in [1.29, 1.82) is 0 Å². The molecule has 1 N–H and O–H groups in total. The summed E-state index contributed by atoms with van der Waals surface area (Å²) in [6.07, 6.45) is 0.176. The number of carbonyl (C=O) groups excluding carboxylic acids is 4. The molecular formula is C20H14ClN2O6-. The summed E-state index contributed by atoms with van der Waals surface area (Å²) in [5.74, 6) is -2.71. The van der Waals surface area contributed by atoms with Crippen molar-refractivity contribution in [3.8, 4) is 5.75 Å². The van der Waals surface area contributed by atoms with E-state index in [0.717, 1.165) is 4.90 Å². The molecule has 1 atom stereocenters. The van der Waals surface area contributed by atoms with Crippen molar-refractivity contribution >= 4 is 47.2 Å². The third kappa shape index (κ3) is 4.44. The van der Waals surface area contributed by atoms with Gasteiger partial charge in [-0.2, -0.15) is 0 Å². The van der Waals surface area contributed by atoms with Crippen LogP contribution in [0.2, 0.25) is 5.02 Å². The normalized spacial score (nSPS) is 16.6. The maximum atomic E-state index is 12.8. The zero-order valence-electron chi connectivity index (χ0n) is 15.0. The van der Waals surface area contributed by atoms with Crippen LogP contribution in [-0.4, -0.2) is 29.9 Å². The maximum absolute atomic E-state index is 12.8. The summed E-state index contributed by atoms with van der Waals surface area (Å²) in [6, 6.07) is 11.3. The lowest BCUT2D eigenvalue weighted by Gasteiger charge is -2.26. The van der Waals surface area contributed by atoms with Crippen LogP contribution in [0.15, 0.2) is 54.1 Å². The third-order valence-electron chi connectivity index (χ3n) is 4.00. The highest BCUT2D eigenvalue weighted by molar-refractivity contribution is 6.39. The molecule has 1 saturated heterocycles. The average Bonchev–Trinajstić information content (AvgIpc) is 2.66. The van der Waals surface area contributed by atoms with E-state index in [1.165, 1.54) is 49.4 Å². The Bertz CT molecular complexity index is 1030. The van der Waals surface area contributed by atoms with Gasteiger partial charge in [-0.1, -0.05) is 29.8 Å². The average molecular weight is 414 g/mol. The Kier molecular flexibility index (Phi) is 5.65. The number of hydrogen-bond donors (Lipinski definition) is 1. The minimum absolute atomic E-state index is 0.221. The number of rotatable bonds is 5. The third-order valence-corrected chi connectivity index (χ3v) is 4.24. The van der Waals surface area contributed by atoms with Gasteiger partial charge in [0.25, 0.3) is 11.8 Å². The number of amides is 4. The number of urea groups is 1. The second-order valence-electron chi connectivity index (χ2n) is 6.09. The molecule has 148 valence electrons. The lowest BCUT2D eigenvalue weighted by molar-refractivity contribution is -0.312. The Balaban J connectivity index is 1.87. The molecule has 2 aromatic rings. The molecule has 0 bridgehead atoms. The Morgan fingerprint density at radius 3 is 2.48 bits per heavy atom. The molecule has 1 aliphatic heterocycles. The minimum atomic E-state index is -1.36. The van der Waals surface area contributed by atoms with Crippen LogP contribution in [0.3, 0.4) is 0 Å². The lowest BCUT2D eigenvalue weighted by Crippen LogP contribution is -2.54. The minimum Gasteiger partial charge on any atom is -0.546 e. The number of aliphatic carboxylic acids is 1. The smallest absolute Gasteiger partial charge is 0.335 e. The fourth-order valence-corrected chi connectivity index (χ4v) is 2.75. The molecule has 29 heavy (non-hydrogen) atoms. The van der Waals surface area contributed by atoms with Gasteiger partial charge >= 0.3 is 6.03 Å². The first-order valence-corrected chi connectivity index (χ1v) is 8.78. The molecule has 8 nitrogen and oxygen atoms in total. The Labute approximate surface area is 170 Å². The number of ether oxygens (including phenoxy) is 1. The number of carboxylic acid groups (broad SMARTS) is 1. The summed E-state index contributed by atoms with van der Waals surface area (Å²) in [5.41, 5.74) is 0.442. The van der Waals surface area contributed by atoms with E-state index in [1.54, 1.807) is 12.1 Å². The highest BCUT2D eigenvalue weighted by Crippen LogP contribution is 2.25. The number of carbonyl (C=O) groups is 4. The fourth-order valence-electron chi connectivity index (χ4n) is 2.57. The highest BCUT2D eigenvalue weighted by atomic mass is 35.5. The number of anilines is 1. The van der Waals surface area contributed by atoms with Crippen LogP contribution in [0.4, 0.5) is 10.5 Å². The Morgan fingerprint density at radius 2 is 1.86 bits per heavy atom. The second kappa shape index (κ2) is 8.15. The van der Waals surface area contributed by atoms with Crippen molar-refractivity contribution in [2.45, 2.75) is 13.0 Å². The molecule has 0 saturated carbocycles. The number of halogens is 1. The van der Waals surface area contributed by atoms with Crippen molar-refractivity contribution in [2.24, 2.45) is 0 Å². The molecule has 4 amide bonds. The summed E-state index contributed by atoms with van der Waals surface area (Å²) >= 11 is 5.92. The van der Waals surface area contributed by atoms with Crippen LogP contribution in [-0.2, 0) is 14.4 Å². The Morgan fingerprint density at radius 1 is 1.17 bits per heavy atom. The fraction of sp³-hybridized carbons (Fsp3) is 0.100. The molecule has 1 aliphatic rings. The van der Waals surface area contributed by atoms with Crippen molar-refractivity contribution in [1.82, 2.24) is 5.32 Å². The molecule has 0 aromatic heterocycles. The molecule has 0 unspecified atom stereocenters. The van der Waals surface area contributed by atoms with Crippen molar-refractivity contribution in [3.63, 3.8) is 0 Å². The van der Waals surface area contributed by atoms with Crippen molar-refractivity contribution in [2.75, 3.05) is 4.90 Å². The standard InChI is InChI=1S/C20H15ClN2O6/c1-11(19(26)27)29-15-7-5-12(6-8-15)9-16-17(24)22-20(28)23(18(16)25)14-4-2-3-13(21)10-14/h2-11H,1H3,(H,26,27)(H,22,24,28)/p-1/b16-9-/t11-/m0/s1. The monoisotopic (exact) mass is 413 g/mol. The van der Waals surface area contributed by atoms with E-state index in [9.17, 15) is 24.3 Å². The predicted octanol–water partition coefficient (Wildman–Crippen LogP) is 1.52. The van der Waals surface area contributed by atoms with Gasteiger partial charge in [0.15, 0.2) is 0 Å². The molecule has 9 heteroatoms. The summed E-state index contributed by atoms with van der Waals surface area (Å²) in [6.45, 7) is 1.33. The molecule has 2 aromatic carbocycles. The molecule has 1 fully saturated rings. The van der Waals surface area contributed by atoms with Crippen LogP contribution < -0.4 is 20.1 Å². The molecule has 3 rings (SSSR count). The van der Waals surface area contributed by atoms with E-state index < -0.39 is 29.9 Å². The zero-order chi connectivity index (χ0) is 21.1. The van der Waals surface area contributed by atoms with Gasteiger partial charge in [0.2, 0.25) is 0 Å². The van der Waals surface area contributed by atoms with Crippen LogP contribution in [0.5, 0.6) is 5.75 Å². The number of nitrogens with zero attached hydrogens (tertiary/aromatic N) is 1. The number of nitrogens with one attached hydrogen (secondary N) is 1. The number of carboxylic acids is 1. The van der Waals surface area contributed by atoms with E-state index >= 15 is 0 Å². The van der Waals surface area contributed by atoms with Crippen LogP contribution in [0.25, 0.3) is 6.08 Å². The number of benzene rings is 2. The number of hydrogen-bond acceptors (Lipinski definition) is 6. The van der Waals surface area contributed by atoms with E-state index in [1.807, 2.05) is 0 Å². The summed E-state index contributed by atoms with van der Waals surface area (Å²) < 4.78 is 5.17. The van der Waals surface area contributed by atoms with Crippen molar-refractivity contribution < 1.29 is 29.0 Å². The van der Waals surface area contributed by atoms with Gasteiger partial charge in [-0.3, -0.25) is 14.9 Å². The summed E-state index contributed by atoms with van der Waals surface area (Å²) in [7, 11) is 0. The Hall–Kier alpha value is -3.65. The van der Waals surface area contributed by atoms with E-state index in [4.69, 9.17) is 16.3 Å². The first-order valence-electron chi connectivity index (χ1n) is 8.41. The van der Waals surface area contributed by atoms with E-state index in [2.05, 4.69) is 5.32 Å².